The maximum Gasteiger partial charge on any atom is 0.257 e. The maximum atomic E-state index is 9.71. The van der Waals surface area contributed by atoms with Crippen molar-refractivity contribution in [1.29, 1.82) is 0 Å². The van der Waals surface area contributed by atoms with Crippen LogP contribution in [0.2, 0.25) is 0 Å². The molecule has 1 N–H and O–H groups in total. The van der Waals surface area contributed by atoms with Gasteiger partial charge in [0, 0.05) is 25.7 Å². The van der Waals surface area contributed by atoms with Crippen LogP contribution in [0.4, 0.5) is 0 Å². The van der Waals surface area contributed by atoms with E-state index in [-0.39, 0.29) is 5.88 Å². The zero-order chi connectivity index (χ0) is 16.1. The Balaban J connectivity index is 1.62. The van der Waals surface area contributed by atoms with Crippen LogP contribution in [-0.4, -0.2) is 71.5 Å². The predicted molar refractivity (Wildman–Crippen MR) is 82.9 cm³/mol. The average Bonchev–Trinajstić information content (AvgIpc) is 2.59. The number of aromatic nitrogens is 3. The zero-order valence-corrected chi connectivity index (χ0v) is 13.1. The molecule has 3 rings (SSSR count). The van der Waals surface area contributed by atoms with Crippen LogP contribution >= 0.6 is 0 Å². The van der Waals surface area contributed by atoms with Gasteiger partial charge in [-0.2, -0.15) is 0 Å². The van der Waals surface area contributed by atoms with Crippen molar-refractivity contribution in [3.05, 3.63) is 12.4 Å². The first-order valence-corrected chi connectivity index (χ1v) is 7.59. The van der Waals surface area contributed by atoms with Crippen LogP contribution in [0.1, 0.15) is 6.42 Å². The number of fused-ring (bicyclic) bond motifs is 1. The van der Waals surface area contributed by atoms with Crippen LogP contribution in [0.5, 0.6) is 17.5 Å². The van der Waals surface area contributed by atoms with Crippen LogP contribution in [0.15, 0.2) is 12.4 Å². The summed E-state index contributed by atoms with van der Waals surface area (Å²) < 4.78 is 16.3. The Morgan fingerprint density at radius 3 is 2.91 bits per heavy atom. The smallest absolute Gasteiger partial charge is 0.257 e. The minimum atomic E-state index is -0.174. The van der Waals surface area contributed by atoms with Crippen molar-refractivity contribution >= 4 is 11.0 Å². The van der Waals surface area contributed by atoms with E-state index in [0.717, 1.165) is 39.3 Å². The summed E-state index contributed by atoms with van der Waals surface area (Å²) in [5.41, 5.74) is 0.812. The normalized spacial score (nSPS) is 15.7. The molecule has 0 aliphatic carbocycles. The Morgan fingerprint density at radius 2 is 2.13 bits per heavy atom. The van der Waals surface area contributed by atoms with E-state index in [9.17, 15) is 5.11 Å². The molecule has 0 radical (unpaired) electrons. The molecule has 1 aliphatic rings. The van der Waals surface area contributed by atoms with Crippen molar-refractivity contribution in [3.8, 4) is 17.5 Å². The monoisotopic (exact) mass is 320 g/mol. The summed E-state index contributed by atoms with van der Waals surface area (Å²) in [4.78, 5) is 14.4. The fraction of sp³-hybridized carbons (Fsp3) is 0.533. The third kappa shape index (κ3) is 3.77. The molecular weight excluding hydrogens is 300 g/mol. The van der Waals surface area contributed by atoms with Gasteiger partial charge in [-0.3, -0.25) is 4.90 Å². The standard InChI is InChI=1S/C15H20N4O4/c1-21-15-12(9-11-13(18-15)14(20)17-10-16-11)23-6-2-3-19-4-7-22-8-5-19/h9-10H,2-8H2,1H3,(H,16,17,20). The number of nitrogens with zero attached hydrogens (tertiary/aromatic N) is 4. The molecule has 0 atom stereocenters. The highest BCUT2D eigenvalue weighted by atomic mass is 16.5. The minimum Gasteiger partial charge on any atom is -0.492 e. The molecule has 8 nitrogen and oxygen atoms in total. The molecule has 1 fully saturated rings. The minimum absolute atomic E-state index is 0.174. The fourth-order valence-corrected chi connectivity index (χ4v) is 2.48. The van der Waals surface area contributed by atoms with E-state index in [4.69, 9.17) is 14.2 Å². The Bertz CT molecular complexity index is 661. The largest absolute Gasteiger partial charge is 0.492 e. The van der Waals surface area contributed by atoms with E-state index in [1.54, 1.807) is 6.07 Å². The van der Waals surface area contributed by atoms with Gasteiger partial charge in [0.15, 0.2) is 11.3 Å². The number of aromatic hydroxyl groups is 1. The lowest BCUT2D eigenvalue weighted by atomic mass is 10.3. The molecule has 0 bridgehead atoms. The quantitative estimate of drug-likeness (QED) is 0.783. The van der Waals surface area contributed by atoms with Crippen molar-refractivity contribution in [3.63, 3.8) is 0 Å². The Hall–Kier alpha value is -2.19. The van der Waals surface area contributed by atoms with E-state index in [2.05, 4.69) is 19.9 Å². The second kappa shape index (κ2) is 7.38. The van der Waals surface area contributed by atoms with E-state index in [1.807, 2.05) is 0 Å². The Kier molecular flexibility index (Phi) is 5.04. The molecule has 2 aromatic rings. The average molecular weight is 320 g/mol. The molecule has 0 aromatic carbocycles. The first-order valence-electron chi connectivity index (χ1n) is 7.59. The summed E-state index contributed by atoms with van der Waals surface area (Å²) >= 11 is 0. The van der Waals surface area contributed by atoms with Gasteiger partial charge in [0.1, 0.15) is 11.8 Å². The topological polar surface area (TPSA) is 89.8 Å². The van der Waals surface area contributed by atoms with Gasteiger partial charge in [0.25, 0.3) is 5.88 Å². The molecule has 8 heteroatoms. The lowest BCUT2D eigenvalue weighted by Gasteiger charge is -2.26. The second-order valence-corrected chi connectivity index (χ2v) is 5.22. The lowest BCUT2D eigenvalue weighted by molar-refractivity contribution is 0.0357. The molecule has 124 valence electrons. The van der Waals surface area contributed by atoms with Gasteiger partial charge < -0.3 is 19.3 Å². The van der Waals surface area contributed by atoms with Crippen molar-refractivity contribution in [1.82, 2.24) is 19.9 Å². The van der Waals surface area contributed by atoms with E-state index >= 15 is 0 Å². The molecule has 2 aromatic heterocycles. The Morgan fingerprint density at radius 1 is 1.30 bits per heavy atom. The molecule has 3 heterocycles. The third-order valence-corrected chi connectivity index (χ3v) is 3.70. The van der Waals surface area contributed by atoms with Crippen LogP contribution in [-0.2, 0) is 4.74 Å². The molecule has 23 heavy (non-hydrogen) atoms. The summed E-state index contributed by atoms with van der Waals surface area (Å²) in [7, 11) is 1.51. The van der Waals surface area contributed by atoms with Gasteiger partial charge in [-0.1, -0.05) is 0 Å². The van der Waals surface area contributed by atoms with Crippen LogP contribution < -0.4 is 9.47 Å². The van der Waals surface area contributed by atoms with Gasteiger partial charge in [0.05, 0.1) is 26.9 Å². The van der Waals surface area contributed by atoms with Crippen LogP contribution in [0.3, 0.4) is 0 Å². The van der Waals surface area contributed by atoms with E-state index in [1.165, 1.54) is 13.4 Å². The number of hydrogen-bond donors (Lipinski definition) is 1. The van der Waals surface area contributed by atoms with Gasteiger partial charge in [0.2, 0.25) is 5.88 Å². The number of rotatable bonds is 6. The molecule has 0 amide bonds. The summed E-state index contributed by atoms with van der Waals surface area (Å²) in [6.45, 7) is 5.06. The summed E-state index contributed by atoms with van der Waals surface area (Å²) in [5.74, 6) is 0.654. The number of methoxy groups -OCH3 is 1. The molecule has 1 saturated heterocycles. The molecule has 1 aliphatic heterocycles. The number of ether oxygens (including phenoxy) is 3. The second-order valence-electron chi connectivity index (χ2n) is 5.22. The van der Waals surface area contributed by atoms with Gasteiger partial charge in [-0.25, -0.2) is 15.0 Å². The molecule has 0 unspecified atom stereocenters. The van der Waals surface area contributed by atoms with Crippen molar-refractivity contribution in [2.45, 2.75) is 6.42 Å². The Labute approximate surface area is 134 Å². The highest BCUT2D eigenvalue weighted by Crippen LogP contribution is 2.30. The van der Waals surface area contributed by atoms with Crippen molar-refractivity contribution in [2.75, 3.05) is 46.6 Å². The SMILES string of the molecule is COc1nc2c(O)ncnc2cc1OCCCN1CCOCC1. The lowest BCUT2D eigenvalue weighted by Crippen LogP contribution is -2.37. The van der Waals surface area contributed by atoms with Gasteiger partial charge in [-0.15, -0.1) is 0 Å². The molecule has 0 saturated carbocycles. The number of hydrogen-bond acceptors (Lipinski definition) is 8. The van der Waals surface area contributed by atoms with Gasteiger partial charge >= 0.3 is 0 Å². The van der Waals surface area contributed by atoms with Crippen molar-refractivity contribution in [2.24, 2.45) is 0 Å². The zero-order valence-electron chi connectivity index (χ0n) is 13.1. The maximum absolute atomic E-state index is 9.71. The first-order chi connectivity index (χ1) is 11.3. The van der Waals surface area contributed by atoms with E-state index < -0.39 is 0 Å². The number of morpholine rings is 1. The molecule has 0 spiro atoms. The van der Waals surface area contributed by atoms with Crippen LogP contribution in [0.25, 0.3) is 11.0 Å². The first kappa shape index (κ1) is 15.7. The van der Waals surface area contributed by atoms with Gasteiger partial charge in [-0.05, 0) is 6.42 Å². The summed E-state index contributed by atoms with van der Waals surface area (Å²) in [5, 5.41) is 9.71. The predicted octanol–water partition coefficient (Wildman–Crippen LogP) is 0.840. The van der Waals surface area contributed by atoms with E-state index in [0.29, 0.717) is 29.3 Å². The van der Waals surface area contributed by atoms with Crippen LogP contribution in [0, 0.1) is 0 Å². The highest BCUT2D eigenvalue weighted by Gasteiger charge is 2.13. The number of pyridine rings is 1. The fourth-order valence-electron chi connectivity index (χ4n) is 2.48. The molecular formula is C15H20N4O4. The highest BCUT2D eigenvalue weighted by molar-refractivity contribution is 5.80. The third-order valence-electron chi connectivity index (χ3n) is 3.70. The van der Waals surface area contributed by atoms with Crippen molar-refractivity contribution < 1.29 is 19.3 Å². The summed E-state index contributed by atoms with van der Waals surface area (Å²) in [6.07, 6.45) is 2.18. The summed E-state index contributed by atoms with van der Waals surface area (Å²) in [6, 6.07) is 1.71.